The zero-order valence-electron chi connectivity index (χ0n) is 16.1. The van der Waals surface area contributed by atoms with Crippen molar-refractivity contribution in [1.82, 2.24) is 19.8 Å². The van der Waals surface area contributed by atoms with Gasteiger partial charge in [0, 0.05) is 60.0 Å². The van der Waals surface area contributed by atoms with Gasteiger partial charge in [-0.1, -0.05) is 0 Å². The first kappa shape index (κ1) is 22.1. The standard InChI is InChI=1S/C16H35N5O3S/c1-17-16(18-8-12-20(2)9-5-13-24-3)19-14-15-6-10-21(11-7-15)25(4,22)23/h15H,5-14H2,1-4H3,(H2,17,18,19). The first-order chi connectivity index (χ1) is 11.9. The van der Waals surface area contributed by atoms with Crippen LogP contribution in [0.1, 0.15) is 19.3 Å². The van der Waals surface area contributed by atoms with Gasteiger partial charge in [0.2, 0.25) is 10.0 Å². The molecule has 0 unspecified atom stereocenters. The molecule has 0 spiro atoms. The lowest BCUT2D eigenvalue weighted by Crippen LogP contribution is -2.45. The van der Waals surface area contributed by atoms with Crippen molar-refractivity contribution in [3.63, 3.8) is 0 Å². The average Bonchev–Trinajstić information content (AvgIpc) is 2.57. The molecule has 1 fully saturated rings. The molecule has 0 bridgehead atoms. The predicted octanol–water partition coefficient (Wildman–Crippen LogP) is -0.209. The van der Waals surface area contributed by atoms with Crippen molar-refractivity contribution in [2.24, 2.45) is 10.9 Å². The van der Waals surface area contributed by atoms with Gasteiger partial charge in [-0.3, -0.25) is 4.99 Å². The van der Waals surface area contributed by atoms with Crippen LogP contribution >= 0.6 is 0 Å². The van der Waals surface area contributed by atoms with Crippen LogP contribution in [0.3, 0.4) is 0 Å². The molecule has 25 heavy (non-hydrogen) atoms. The molecule has 1 rings (SSSR count). The minimum atomic E-state index is -3.05. The van der Waals surface area contributed by atoms with Crippen LogP contribution in [-0.2, 0) is 14.8 Å². The van der Waals surface area contributed by atoms with Gasteiger partial charge >= 0.3 is 0 Å². The van der Waals surface area contributed by atoms with Crippen molar-refractivity contribution < 1.29 is 13.2 Å². The summed E-state index contributed by atoms with van der Waals surface area (Å²) in [7, 11) is 2.54. The lowest BCUT2D eigenvalue weighted by atomic mass is 9.98. The lowest BCUT2D eigenvalue weighted by molar-refractivity contribution is 0.180. The molecule has 8 nitrogen and oxygen atoms in total. The first-order valence-electron chi connectivity index (χ1n) is 8.94. The summed E-state index contributed by atoms with van der Waals surface area (Å²) in [5, 5.41) is 6.67. The van der Waals surface area contributed by atoms with Crippen molar-refractivity contribution in [3.8, 4) is 0 Å². The molecule has 0 aromatic rings. The van der Waals surface area contributed by atoms with E-state index in [1.807, 2.05) is 0 Å². The van der Waals surface area contributed by atoms with E-state index in [1.165, 1.54) is 6.26 Å². The summed E-state index contributed by atoms with van der Waals surface area (Å²) in [4.78, 5) is 6.51. The highest BCUT2D eigenvalue weighted by molar-refractivity contribution is 7.88. The van der Waals surface area contributed by atoms with E-state index in [-0.39, 0.29) is 0 Å². The fourth-order valence-corrected chi connectivity index (χ4v) is 3.74. The molecular weight excluding hydrogens is 342 g/mol. The van der Waals surface area contributed by atoms with Gasteiger partial charge in [0.25, 0.3) is 0 Å². The Bertz CT molecular complexity index is 490. The van der Waals surface area contributed by atoms with Gasteiger partial charge in [-0.15, -0.1) is 0 Å². The zero-order chi connectivity index (χ0) is 18.7. The maximum Gasteiger partial charge on any atom is 0.211 e. The number of aliphatic imine (C=N–C) groups is 1. The fraction of sp³-hybridized carbons (Fsp3) is 0.938. The fourth-order valence-electron chi connectivity index (χ4n) is 2.86. The molecule has 0 radical (unpaired) electrons. The molecule has 9 heteroatoms. The van der Waals surface area contributed by atoms with Gasteiger partial charge in [-0.2, -0.15) is 0 Å². The first-order valence-corrected chi connectivity index (χ1v) is 10.8. The molecule has 0 amide bonds. The number of hydrogen-bond donors (Lipinski definition) is 2. The quantitative estimate of drug-likeness (QED) is 0.311. The third-order valence-electron chi connectivity index (χ3n) is 4.50. The minimum Gasteiger partial charge on any atom is -0.385 e. The predicted molar refractivity (Wildman–Crippen MR) is 102 cm³/mol. The number of rotatable bonds is 10. The van der Waals surface area contributed by atoms with Crippen molar-refractivity contribution in [2.75, 3.05) is 73.3 Å². The van der Waals surface area contributed by atoms with Crippen molar-refractivity contribution in [2.45, 2.75) is 19.3 Å². The van der Waals surface area contributed by atoms with Gasteiger partial charge in [0.1, 0.15) is 0 Å². The van der Waals surface area contributed by atoms with Gasteiger partial charge < -0.3 is 20.3 Å². The number of nitrogens with one attached hydrogen (secondary N) is 2. The van der Waals surface area contributed by atoms with Crippen LogP contribution in [0.5, 0.6) is 0 Å². The summed E-state index contributed by atoms with van der Waals surface area (Å²) in [6.07, 6.45) is 4.09. The Morgan fingerprint density at radius 1 is 1.28 bits per heavy atom. The second-order valence-electron chi connectivity index (χ2n) is 6.63. The average molecular weight is 378 g/mol. The molecule has 148 valence electrons. The maximum absolute atomic E-state index is 11.5. The number of hydrogen-bond acceptors (Lipinski definition) is 5. The van der Waals surface area contributed by atoms with Crippen molar-refractivity contribution in [1.29, 1.82) is 0 Å². The molecule has 0 saturated carbocycles. The summed E-state index contributed by atoms with van der Waals surface area (Å²) in [5.74, 6) is 1.28. The van der Waals surface area contributed by atoms with Crippen LogP contribution in [0.2, 0.25) is 0 Å². The largest absolute Gasteiger partial charge is 0.385 e. The van der Waals surface area contributed by atoms with Crippen LogP contribution in [0.15, 0.2) is 4.99 Å². The molecule has 1 heterocycles. The Morgan fingerprint density at radius 3 is 2.52 bits per heavy atom. The number of methoxy groups -OCH3 is 1. The Balaban J connectivity index is 2.18. The molecular formula is C16H35N5O3S. The van der Waals surface area contributed by atoms with Gasteiger partial charge in [0.15, 0.2) is 5.96 Å². The Kier molecular flexibility index (Phi) is 10.3. The van der Waals surface area contributed by atoms with Gasteiger partial charge in [0.05, 0.1) is 6.26 Å². The van der Waals surface area contributed by atoms with E-state index in [9.17, 15) is 8.42 Å². The van der Waals surface area contributed by atoms with Crippen LogP contribution < -0.4 is 10.6 Å². The molecule has 1 aliphatic rings. The van der Waals surface area contributed by atoms with E-state index in [2.05, 4.69) is 27.6 Å². The highest BCUT2D eigenvalue weighted by Crippen LogP contribution is 2.18. The molecule has 1 aliphatic heterocycles. The molecule has 0 aliphatic carbocycles. The minimum absolute atomic E-state index is 0.480. The summed E-state index contributed by atoms with van der Waals surface area (Å²) in [5.41, 5.74) is 0. The van der Waals surface area contributed by atoms with Crippen molar-refractivity contribution in [3.05, 3.63) is 0 Å². The van der Waals surface area contributed by atoms with Crippen molar-refractivity contribution >= 4 is 16.0 Å². The second kappa shape index (κ2) is 11.7. The van der Waals surface area contributed by atoms with E-state index in [0.29, 0.717) is 19.0 Å². The zero-order valence-corrected chi connectivity index (χ0v) is 16.9. The van der Waals surface area contributed by atoms with Crippen LogP contribution in [0.25, 0.3) is 0 Å². The van der Waals surface area contributed by atoms with Crippen LogP contribution in [0.4, 0.5) is 0 Å². The Labute approximate surface area is 153 Å². The molecule has 1 saturated heterocycles. The third-order valence-corrected chi connectivity index (χ3v) is 5.80. The number of piperidine rings is 1. The van der Waals surface area contributed by atoms with E-state index in [0.717, 1.165) is 58.0 Å². The topological polar surface area (TPSA) is 86.3 Å². The third kappa shape index (κ3) is 9.39. The molecule has 2 N–H and O–H groups in total. The summed E-state index contributed by atoms with van der Waals surface area (Å²) in [6, 6.07) is 0. The number of sulfonamides is 1. The van der Waals surface area contributed by atoms with Gasteiger partial charge in [-0.05, 0) is 32.2 Å². The SMILES string of the molecule is CN=C(NCCN(C)CCCOC)NCC1CCN(S(C)(=O)=O)CC1. The van der Waals surface area contributed by atoms with E-state index < -0.39 is 10.0 Å². The highest BCUT2D eigenvalue weighted by Gasteiger charge is 2.24. The van der Waals surface area contributed by atoms with Crippen LogP contribution in [0, 0.1) is 5.92 Å². The highest BCUT2D eigenvalue weighted by atomic mass is 32.2. The summed E-state index contributed by atoms with van der Waals surface area (Å²) in [6.45, 7) is 5.63. The smallest absolute Gasteiger partial charge is 0.211 e. The number of ether oxygens (including phenoxy) is 1. The Hall–Kier alpha value is -0.900. The van der Waals surface area contributed by atoms with E-state index >= 15 is 0 Å². The monoisotopic (exact) mass is 377 g/mol. The van der Waals surface area contributed by atoms with E-state index in [1.54, 1.807) is 18.5 Å². The maximum atomic E-state index is 11.5. The van der Waals surface area contributed by atoms with Crippen LogP contribution in [-0.4, -0.2) is 96.9 Å². The number of likely N-dealkylation sites (N-methyl/N-ethyl adjacent to an activating group) is 1. The normalized spacial score (nSPS) is 17.9. The summed E-state index contributed by atoms with van der Waals surface area (Å²) >= 11 is 0. The lowest BCUT2D eigenvalue weighted by Gasteiger charge is -2.30. The number of nitrogens with zero attached hydrogens (tertiary/aromatic N) is 3. The van der Waals surface area contributed by atoms with Gasteiger partial charge in [-0.25, -0.2) is 12.7 Å². The molecule has 0 aromatic heterocycles. The molecule has 0 atom stereocenters. The molecule has 0 aromatic carbocycles. The Morgan fingerprint density at radius 2 is 1.96 bits per heavy atom. The second-order valence-corrected chi connectivity index (χ2v) is 8.62. The number of guanidine groups is 1. The summed E-state index contributed by atoms with van der Waals surface area (Å²) < 4.78 is 29.7. The van der Waals surface area contributed by atoms with E-state index in [4.69, 9.17) is 4.74 Å².